The number of ether oxygens (including phenoxy) is 1. The van der Waals surface area contributed by atoms with Crippen molar-refractivity contribution in [1.29, 1.82) is 0 Å². The molecule has 8 heteroatoms. The van der Waals surface area contributed by atoms with Crippen LogP contribution in [0.25, 0.3) is 16.5 Å². The highest BCUT2D eigenvalue weighted by atomic mass is 35.5. The van der Waals surface area contributed by atoms with Gasteiger partial charge in [-0.2, -0.15) is 0 Å². The number of allylic oxidation sites excluding steroid dienone is 1. The molecule has 7 nitrogen and oxygen atoms in total. The Bertz CT molecular complexity index is 1230. The average Bonchev–Trinajstić information content (AvgIpc) is 3.11. The molecule has 0 bridgehead atoms. The number of nitrogens with one attached hydrogen (secondary N) is 1. The lowest BCUT2D eigenvalue weighted by Gasteiger charge is -2.11. The van der Waals surface area contributed by atoms with Gasteiger partial charge in [0.2, 0.25) is 5.91 Å². The van der Waals surface area contributed by atoms with Crippen molar-refractivity contribution in [2.45, 2.75) is 32.6 Å². The van der Waals surface area contributed by atoms with Gasteiger partial charge in [-0.1, -0.05) is 11.6 Å². The van der Waals surface area contributed by atoms with Crippen molar-refractivity contribution in [3.63, 3.8) is 0 Å². The summed E-state index contributed by atoms with van der Waals surface area (Å²) in [4.78, 5) is 23.0. The van der Waals surface area contributed by atoms with E-state index in [0.29, 0.717) is 11.3 Å². The maximum atomic E-state index is 12.6. The second-order valence-corrected chi connectivity index (χ2v) is 7.91. The van der Waals surface area contributed by atoms with Gasteiger partial charge in [0.15, 0.2) is 0 Å². The minimum Gasteiger partial charge on any atom is -0.496 e. The van der Waals surface area contributed by atoms with Crippen molar-refractivity contribution in [3.05, 3.63) is 68.4 Å². The third-order valence-electron chi connectivity index (χ3n) is 5.46. The van der Waals surface area contributed by atoms with Crippen LogP contribution in [0.4, 0.5) is 11.4 Å². The summed E-state index contributed by atoms with van der Waals surface area (Å²) in [5, 5.41) is 14.8. The van der Waals surface area contributed by atoms with Crippen LogP contribution in [0.1, 0.15) is 36.7 Å². The molecule has 31 heavy (non-hydrogen) atoms. The number of furan rings is 1. The van der Waals surface area contributed by atoms with Crippen LogP contribution in [0, 0.1) is 10.1 Å². The smallest absolute Gasteiger partial charge is 0.289 e. The summed E-state index contributed by atoms with van der Waals surface area (Å²) in [5.74, 6) is 1.23. The summed E-state index contributed by atoms with van der Waals surface area (Å²) in [5.41, 5.74) is 3.54. The van der Waals surface area contributed by atoms with Gasteiger partial charge in [-0.25, -0.2) is 0 Å². The number of benzene rings is 2. The number of anilines is 1. The van der Waals surface area contributed by atoms with Gasteiger partial charge < -0.3 is 14.5 Å². The minimum atomic E-state index is -0.592. The summed E-state index contributed by atoms with van der Waals surface area (Å²) in [6.45, 7) is 1.82. The molecule has 1 heterocycles. The number of aryl methyl sites for hydroxylation is 2. The van der Waals surface area contributed by atoms with Crippen molar-refractivity contribution < 1.29 is 18.9 Å². The largest absolute Gasteiger partial charge is 0.496 e. The molecule has 160 valence electrons. The topological polar surface area (TPSA) is 94.6 Å². The average molecular weight is 441 g/mol. The van der Waals surface area contributed by atoms with Crippen LogP contribution >= 0.6 is 11.6 Å². The summed E-state index contributed by atoms with van der Waals surface area (Å²) < 4.78 is 11.6. The molecule has 2 aromatic carbocycles. The molecule has 3 aromatic rings. The van der Waals surface area contributed by atoms with Crippen LogP contribution < -0.4 is 10.1 Å². The molecule has 1 aliphatic rings. The van der Waals surface area contributed by atoms with E-state index < -0.39 is 10.8 Å². The van der Waals surface area contributed by atoms with E-state index in [0.717, 1.165) is 48.0 Å². The first-order valence-electron chi connectivity index (χ1n) is 9.93. The molecule has 0 atom stereocenters. The summed E-state index contributed by atoms with van der Waals surface area (Å²) in [7, 11) is 1.58. The number of hydrogen-bond donors (Lipinski definition) is 1. The van der Waals surface area contributed by atoms with Crippen LogP contribution in [0.3, 0.4) is 0 Å². The SMILES string of the molecule is COc1cc2oc3c(c2cc1/C(C)=C/C(=O)Nc1ccc(Cl)c([N+](=O)[O-])c1)CCCC3. The molecule has 1 N–H and O–H groups in total. The van der Waals surface area contributed by atoms with Crippen LogP contribution in [-0.2, 0) is 17.6 Å². The maximum absolute atomic E-state index is 12.6. The van der Waals surface area contributed by atoms with Crippen molar-refractivity contribution in [2.75, 3.05) is 12.4 Å². The number of fused-ring (bicyclic) bond motifs is 3. The van der Waals surface area contributed by atoms with Gasteiger partial charge in [0, 0.05) is 46.8 Å². The number of carbonyl (C=O) groups excluding carboxylic acids is 1. The van der Waals surface area contributed by atoms with E-state index in [1.165, 1.54) is 29.8 Å². The second kappa shape index (κ2) is 8.43. The summed E-state index contributed by atoms with van der Waals surface area (Å²) >= 11 is 5.83. The predicted molar refractivity (Wildman–Crippen MR) is 120 cm³/mol. The molecular formula is C23H21ClN2O5. The highest BCUT2D eigenvalue weighted by Gasteiger charge is 2.20. The second-order valence-electron chi connectivity index (χ2n) is 7.50. The third kappa shape index (κ3) is 4.14. The van der Waals surface area contributed by atoms with Crippen molar-refractivity contribution in [1.82, 2.24) is 0 Å². The van der Waals surface area contributed by atoms with Gasteiger partial charge in [-0.05, 0) is 50.0 Å². The zero-order valence-corrected chi connectivity index (χ0v) is 17.9. The molecule has 0 saturated carbocycles. The Kier molecular flexibility index (Phi) is 5.69. The first-order chi connectivity index (χ1) is 14.9. The first-order valence-corrected chi connectivity index (χ1v) is 10.3. The summed E-state index contributed by atoms with van der Waals surface area (Å²) in [6, 6.07) is 7.99. The van der Waals surface area contributed by atoms with Crippen molar-refractivity contribution in [2.24, 2.45) is 0 Å². The van der Waals surface area contributed by atoms with Crippen LogP contribution in [0.2, 0.25) is 5.02 Å². The van der Waals surface area contributed by atoms with Crippen molar-refractivity contribution >= 4 is 45.4 Å². The van der Waals surface area contributed by atoms with Crippen LogP contribution in [0.15, 0.2) is 40.8 Å². The van der Waals surface area contributed by atoms with Gasteiger partial charge >= 0.3 is 0 Å². The first kappa shape index (κ1) is 20.9. The Morgan fingerprint density at radius 3 is 2.77 bits per heavy atom. The lowest BCUT2D eigenvalue weighted by molar-refractivity contribution is -0.384. The Hall–Kier alpha value is -3.32. The Morgan fingerprint density at radius 2 is 2.03 bits per heavy atom. The number of nitro groups is 1. The molecule has 0 saturated heterocycles. The Morgan fingerprint density at radius 1 is 1.26 bits per heavy atom. The predicted octanol–water partition coefficient (Wildman–Crippen LogP) is 5.92. The van der Waals surface area contributed by atoms with Gasteiger partial charge in [-0.3, -0.25) is 14.9 Å². The quantitative estimate of drug-likeness (QED) is 0.301. The molecular weight excluding hydrogens is 420 g/mol. The molecule has 4 rings (SSSR count). The number of methoxy groups -OCH3 is 1. The normalized spacial score (nSPS) is 13.7. The molecule has 0 spiro atoms. The standard InChI is InChI=1S/C23H21ClN2O5/c1-13(9-23(27)25-14-7-8-18(24)19(10-14)26(28)29)16-11-17-15-5-3-4-6-20(15)31-22(17)12-21(16)30-2/h7-12H,3-6H2,1-2H3,(H,25,27)/b13-9+. The number of nitro benzene ring substituents is 1. The number of amides is 1. The number of carbonyl (C=O) groups is 1. The fraction of sp³-hybridized carbons (Fsp3) is 0.261. The van der Waals surface area contributed by atoms with E-state index >= 15 is 0 Å². The van der Waals surface area contributed by atoms with E-state index in [1.54, 1.807) is 7.11 Å². The monoisotopic (exact) mass is 440 g/mol. The molecule has 1 aromatic heterocycles. The fourth-order valence-corrected chi connectivity index (χ4v) is 4.14. The number of nitrogens with zero attached hydrogens (tertiary/aromatic N) is 1. The molecule has 0 unspecified atom stereocenters. The Balaban J connectivity index is 1.65. The van der Waals surface area contributed by atoms with Gasteiger partial charge in [0.05, 0.1) is 12.0 Å². The van der Waals surface area contributed by atoms with E-state index in [4.69, 9.17) is 20.8 Å². The fourth-order valence-electron chi connectivity index (χ4n) is 3.95. The molecule has 0 aliphatic heterocycles. The maximum Gasteiger partial charge on any atom is 0.289 e. The third-order valence-corrected chi connectivity index (χ3v) is 5.78. The number of rotatable bonds is 5. The van der Waals surface area contributed by atoms with Gasteiger partial charge in [-0.15, -0.1) is 0 Å². The molecule has 0 radical (unpaired) electrons. The van der Waals surface area contributed by atoms with E-state index in [9.17, 15) is 14.9 Å². The molecule has 1 amide bonds. The highest BCUT2D eigenvalue weighted by molar-refractivity contribution is 6.32. The minimum absolute atomic E-state index is 0.0104. The van der Waals surface area contributed by atoms with Crippen LogP contribution in [0.5, 0.6) is 5.75 Å². The lowest BCUT2D eigenvalue weighted by atomic mass is 9.94. The highest BCUT2D eigenvalue weighted by Crippen LogP contribution is 2.38. The van der Waals surface area contributed by atoms with Gasteiger partial charge in [0.1, 0.15) is 22.1 Å². The molecule has 0 fully saturated rings. The van der Waals surface area contributed by atoms with Gasteiger partial charge in [0.25, 0.3) is 5.69 Å². The van der Waals surface area contributed by atoms with Crippen LogP contribution in [-0.4, -0.2) is 17.9 Å². The Labute approximate surface area is 183 Å². The number of halogens is 1. The molecule has 1 aliphatic carbocycles. The van der Waals surface area contributed by atoms with E-state index in [-0.39, 0.29) is 16.4 Å². The van der Waals surface area contributed by atoms with Crippen molar-refractivity contribution in [3.8, 4) is 5.75 Å². The number of hydrogen-bond acceptors (Lipinski definition) is 5. The zero-order valence-electron chi connectivity index (χ0n) is 17.2. The lowest BCUT2D eigenvalue weighted by Crippen LogP contribution is -2.09. The zero-order chi connectivity index (χ0) is 22.1. The van der Waals surface area contributed by atoms with E-state index in [2.05, 4.69) is 5.32 Å². The summed E-state index contributed by atoms with van der Waals surface area (Å²) in [6.07, 6.45) is 5.61. The van der Waals surface area contributed by atoms with E-state index in [1.807, 2.05) is 19.1 Å².